The molecular weight excluding hydrogens is 271 g/mol. The molecule has 106 valence electrons. The predicted octanol–water partition coefficient (Wildman–Crippen LogP) is 2.86. The van der Waals surface area contributed by atoms with Crippen LogP contribution >= 0.6 is 0 Å². The molecule has 20 heavy (non-hydrogen) atoms. The average molecular weight is 283 g/mol. The number of nitrogens with zero attached hydrogens (tertiary/aromatic N) is 3. The van der Waals surface area contributed by atoms with Crippen molar-refractivity contribution in [1.29, 1.82) is 0 Å². The molecule has 2 aromatic rings. The van der Waals surface area contributed by atoms with Gasteiger partial charge < -0.3 is 0 Å². The Labute approximate surface area is 113 Å². The number of carbonyl (C=O) groups is 1. The van der Waals surface area contributed by atoms with Crippen LogP contribution in [0.4, 0.5) is 13.2 Å². The van der Waals surface area contributed by atoms with Gasteiger partial charge in [0, 0.05) is 18.9 Å². The zero-order valence-corrected chi connectivity index (χ0v) is 10.9. The molecule has 0 radical (unpaired) electrons. The molecule has 0 aliphatic heterocycles. The monoisotopic (exact) mass is 283 g/mol. The highest BCUT2D eigenvalue weighted by atomic mass is 19.4. The Hall–Kier alpha value is -2.18. The lowest BCUT2D eigenvalue weighted by atomic mass is 10.0. The summed E-state index contributed by atoms with van der Waals surface area (Å²) in [4.78, 5) is 15.9. The van der Waals surface area contributed by atoms with Crippen LogP contribution in [0, 0.1) is 6.92 Å². The van der Waals surface area contributed by atoms with Gasteiger partial charge >= 0.3 is 6.18 Å². The minimum atomic E-state index is -4.60. The molecule has 0 saturated heterocycles. The molecule has 0 aliphatic rings. The van der Waals surface area contributed by atoms with E-state index in [2.05, 4.69) is 10.1 Å². The fourth-order valence-electron chi connectivity index (χ4n) is 1.93. The largest absolute Gasteiger partial charge is 0.417 e. The van der Waals surface area contributed by atoms with Crippen LogP contribution in [0.1, 0.15) is 34.2 Å². The van der Waals surface area contributed by atoms with E-state index in [9.17, 15) is 18.0 Å². The first kappa shape index (κ1) is 14.2. The number of halogens is 3. The smallest absolute Gasteiger partial charge is 0.287 e. The number of hydrogen-bond acceptors (Lipinski definition) is 3. The summed E-state index contributed by atoms with van der Waals surface area (Å²) < 4.78 is 40.1. The van der Waals surface area contributed by atoms with Crippen LogP contribution in [0.2, 0.25) is 0 Å². The summed E-state index contributed by atoms with van der Waals surface area (Å²) in [7, 11) is 0. The summed E-state index contributed by atoms with van der Waals surface area (Å²) in [5, 5.41) is 4.06. The van der Waals surface area contributed by atoms with Crippen LogP contribution in [-0.2, 0) is 12.7 Å². The first-order valence-corrected chi connectivity index (χ1v) is 5.95. The fourth-order valence-corrected chi connectivity index (χ4v) is 1.93. The minimum absolute atomic E-state index is 0.128. The summed E-state index contributed by atoms with van der Waals surface area (Å²) >= 11 is 0. The standard InChI is InChI=1S/C13H12F3N3O/c1-3-19-11(6-8(2)18-19)12(20)9-7-17-5-4-10(9)13(14,15)16/h4-7H,3H2,1-2H3. The van der Waals surface area contributed by atoms with E-state index in [0.717, 1.165) is 18.5 Å². The zero-order valence-electron chi connectivity index (χ0n) is 10.9. The molecule has 0 fully saturated rings. The quantitative estimate of drug-likeness (QED) is 0.814. The lowest BCUT2D eigenvalue weighted by Gasteiger charge is -2.11. The van der Waals surface area contributed by atoms with Crippen LogP contribution in [0.3, 0.4) is 0 Å². The van der Waals surface area contributed by atoms with Gasteiger partial charge in [0.2, 0.25) is 5.78 Å². The second-order valence-electron chi connectivity index (χ2n) is 4.23. The molecule has 0 aromatic carbocycles. The normalized spacial score (nSPS) is 11.7. The number of aromatic nitrogens is 3. The van der Waals surface area contributed by atoms with E-state index in [1.807, 2.05) is 0 Å². The van der Waals surface area contributed by atoms with Crippen molar-refractivity contribution in [2.45, 2.75) is 26.6 Å². The van der Waals surface area contributed by atoms with Gasteiger partial charge in [-0.25, -0.2) is 0 Å². The molecule has 0 atom stereocenters. The second-order valence-corrected chi connectivity index (χ2v) is 4.23. The molecule has 0 amide bonds. The topological polar surface area (TPSA) is 47.8 Å². The van der Waals surface area contributed by atoms with Gasteiger partial charge in [0.25, 0.3) is 0 Å². The number of pyridine rings is 1. The highest BCUT2D eigenvalue weighted by Gasteiger charge is 2.36. The molecule has 2 heterocycles. The molecule has 7 heteroatoms. The first-order chi connectivity index (χ1) is 9.34. The minimum Gasteiger partial charge on any atom is -0.287 e. The maximum absolute atomic E-state index is 12.9. The van der Waals surface area contributed by atoms with Crippen molar-refractivity contribution in [3.8, 4) is 0 Å². The Morgan fingerprint density at radius 2 is 2.10 bits per heavy atom. The summed E-state index contributed by atoms with van der Waals surface area (Å²) in [5.41, 5.74) is -0.746. The molecule has 2 aromatic heterocycles. The second kappa shape index (κ2) is 5.07. The van der Waals surface area contributed by atoms with Crippen LogP contribution < -0.4 is 0 Å². The third-order valence-electron chi connectivity index (χ3n) is 2.81. The lowest BCUT2D eigenvalue weighted by Crippen LogP contribution is -2.17. The van der Waals surface area contributed by atoms with Crippen LogP contribution in [0.25, 0.3) is 0 Å². The highest BCUT2D eigenvalue weighted by molar-refractivity contribution is 6.08. The molecule has 0 saturated carbocycles. The van der Waals surface area contributed by atoms with E-state index >= 15 is 0 Å². The van der Waals surface area contributed by atoms with Crippen molar-refractivity contribution < 1.29 is 18.0 Å². The average Bonchev–Trinajstić information content (AvgIpc) is 2.78. The first-order valence-electron chi connectivity index (χ1n) is 5.95. The maximum Gasteiger partial charge on any atom is 0.417 e. The zero-order chi connectivity index (χ0) is 14.9. The number of hydrogen-bond donors (Lipinski definition) is 0. The molecule has 0 bridgehead atoms. The Kier molecular flexibility index (Phi) is 3.61. The van der Waals surface area contributed by atoms with Crippen molar-refractivity contribution in [3.63, 3.8) is 0 Å². The highest BCUT2D eigenvalue weighted by Crippen LogP contribution is 2.32. The van der Waals surface area contributed by atoms with E-state index in [4.69, 9.17) is 0 Å². The lowest BCUT2D eigenvalue weighted by molar-refractivity contribution is -0.137. The summed E-state index contributed by atoms with van der Waals surface area (Å²) in [5.74, 6) is -0.729. The van der Waals surface area contributed by atoms with Gasteiger partial charge in [-0.05, 0) is 26.0 Å². The Morgan fingerprint density at radius 3 is 2.70 bits per heavy atom. The van der Waals surface area contributed by atoms with E-state index < -0.39 is 23.1 Å². The Bertz CT molecular complexity index is 647. The summed E-state index contributed by atoms with van der Waals surface area (Å²) in [6.07, 6.45) is -2.64. The van der Waals surface area contributed by atoms with Gasteiger partial charge in [-0.2, -0.15) is 18.3 Å². The van der Waals surface area contributed by atoms with Crippen molar-refractivity contribution in [1.82, 2.24) is 14.8 Å². The summed E-state index contributed by atoms with van der Waals surface area (Å²) in [6.45, 7) is 3.84. The van der Waals surface area contributed by atoms with Crippen LogP contribution in [-0.4, -0.2) is 20.5 Å². The third kappa shape index (κ3) is 2.56. The van der Waals surface area contributed by atoms with Gasteiger partial charge in [-0.15, -0.1) is 0 Å². The molecule has 0 spiro atoms. The van der Waals surface area contributed by atoms with Gasteiger partial charge in [-0.1, -0.05) is 0 Å². The van der Waals surface area contributed by atoms with Crippen molar-refractivity contribution in [2.24, 2.45) is 0 Å². The van der Waals surface area contributed by atoms with Crippen molar-refractivity contribution >= 4 is 5.78 Å². The predicted molar refractivity (Wildman–Crippen MR) is 65.3 cm³/mol. The van der Waals surface area contributed by atoms with E-state index in [-0.39, 0.29) is 5.69 Å². The van der Waals surface area contributed by atoms with Gasteiger partial charge in [-0.3, -0.25) is 14.5 Å². The molecule has 0 unspecified atom stereocenters. The Balaban J connectivity index is 2.54. The molecule has 0 aliphatic carbocycles. The van der Waals surface area contributed by atoms with Crippen molar-refractivity contribution in [2.75, 3.05) is 0 Å². The van der Waals surface area contributed by atoms with Gasteiger partial charge in [0.05, 0.1) is 16.8 Å². The van der Waals surface area contributed by atoms with Crippen LogP contribution in [0.15, 0.2) is 24.5 Å². The fraction of sp³-hybridized carbons (Fsp3) is 0.308. The van der Waals surface area contributed by atoms with E-state index in [0.29, 0.717) is 12.2 Å². The maximum atomic E-state index is 12.9. The van der Waals surface area contributed by atoms with Crippen molar-refractivity contribution in [3.05, 3.63) is 47.0 Å². The number of rotatable bonds is 3. The Morgan fingerprint density at radius 1 is 1.40 bits per heavy atom. The van der Waals surface area contributed by atoms with Gasteiger partial charge in [0.1, 0.15) is 5.69 Å². The van der Waals surface area contributed by atoms with Crippen LogP contribution in [0.5, 0.6) is 0 Å². The number of carbonyl (C=O) groups excluding carboxylic acids is 1. The molecular formula is C13H12F3N3O. The molecule has 0 N–H and O–H groups in total. The molecule has 2 rings (SSSR count). The summed E-state index contributed by atoms with van der Waals surface area (Å²) in [6, 6.07) is 2.27. The van der Waals surface area contributed by atoms with Gasteiger partial charge in [0.15, 0.2) is 0 Å². The van der Waals surface area contributed by atoms with E-state index in [1.54, 1.807) is 13.8 Å². The van der Waals surface area contributed by atoms with E-state index in [1.165, 1.54) is 10.7 Å². The number of aryl methyl sites for hydroxylation is 2. The number of alkyl halides is 3. The third-order valence-corrected chi connectivity index (χ3v) is 2.81. The SMILES string of the molecule is CCn1nc(C)cc1C(=O)c1cnccc1C(F)(F)F. The number of ketones is 1. The molecule has 4 nitrogen and oxygen atoms in total.